The molecule has 3 rings (SSSR count). The van der Waals surface area contributed by atoms with Crippen LogP contribution in [0.4, 0.5) is 0 Å². The SMILES string of the molecule is O=C(NC1CCN(C(=O)c2cc(O)cc(O)c2)CC1)c1ccccc1. The zero-order valence-electron chi connectivity index (χ0n) is 13.7. The molecule has 0 unspecified atom stereocenters. The molecule has 3 N–H and O–H groups in total. The van der Waals surface area contributed by atoms with Crippen LogP contribution in [0.15, 0.2) is 48.5 Å². The monoisotopic (exact) mass is 340 g/mol. The number of carbonyl (C=O) groups excluding carboxylic acids is 2. The molecule has 1 aliphatic rings. The van der Waals surface area contributed by atoms with Crippen molar-refractivity contribution in [2.24, 2.45) is 0 Å². The summed E-state index contributed by atoms with van der Waals surface area (Å²) in [5, 5.41) is 22.0. The molecule has 25 heavy (non-hydrogen) atoms. The van der Waals surface area contributed by atoms with Crippen LogP contribution in [-0.4, -0.2) is 46.1 Å². The molecule has 1 fully saturated rings. The maximum atomic E-state index is 12.5. The van der Waals surface area contributed by atoms with Gasteiger partial charge in [-0.2, -0.15) is 0 Å². The number of nitrogens with one attached hydrogen (secondary N) is 1. The predicted octanol–water partition coefficient (Wildman–Crippen LogP) is 2.13. The topological polar surface area (TPSA) is 89.9 Å². The Morgan fingerprint density at radius 2 is 1.52 bits per heavy atom. The van der Waals surface area contributed by atoms with Gasteiger partial charge in [0.25, 0.3) is 11.8 Å². The number of likely N-dealkylation sites (tertiary alicyclic amines) is 1. The minimum atomic E-state index is -0.237. The first kappa shape index (κ1) is 16.8. The fourth-order valence-electron chi connectivity index (χ4n) is 2.99. The number of phenols is 2. The van der Waals surface area contributed by atoms with Crippen molar-refractivity contribution in [3.8, 4) is 11.5 Å². The number of piperidine rings is 1. The van der Waals surface area contributed by atoms with Crippen molar-refractivity contribution in [3.05, 3.63) is 59.7 Å². The summed E-state index contributed by atoms with van der Waals surface area (Å²) in [6.45, 7) is 1.02. The summed E-state index contributed by atoms with van der Waals surface area (Å²) in [7, 11) is 0. The van der Waals surface area contributed by atoms with E-state index in [1.807, 2.05) is 18.2 Å². The van der Waals surface area contributed by atoms with Gasteiger partial charge < -0.3 is 20.4 Å². The Bertz CT molecular complexity index is 748. The summed E-state index contributed by atoms with van der Waals surface area (Å²) in [5.41, 5.74) is 0.875. The van der Waals surface area contributed by atoms with Gasteiger partial charge in [0.05, 0.1) is 0 Å². The molecule has 1 heterocycles. The van der Waals surface area contributed by atoms with Crippen molar-refractivity contribution in [3.63, 3.8) is 0 Å². The van der Waals surface area contributed by atoms with Crippen LogP contribution in [0.2, 0.25) is 0 Å². The summed E-state index contributed by atoms with van der Waals surface area (Å²) in [6.07, 6.45) is 1.32. The van der Waals surface area contributed by atoms with E-state index in [9.17, 15) is 19.8 Å². The van der Waals surface area contributed by atoms with E-state index in [0.717, 1.165) is 0 Å². The molecule has 130 valence electrons. The van der Waals surface area contributed by atoms with E-state index in [-0.39, 0.29) is 34.9 Å². The highest BCUT2D eigenvalue weighted by molar-refractivity contribution is 5.95. The maximum Gasteiger partial charge on any atom is 0.254 e. The molecule has 0 aromatic heterocycles. The van der Waals surface area contributed by atoms with Crippen LogP contribution in [0.3, 0.4) is 0 Å². The van der Waals surface area contributed by atoms with Crippen LogP contribution < -0.4 is 5.32 Å². The lowest BCUT2D eigenvalue weighted by Gasteiger charge is -2.32. The summed E-state index contributed by atoms with van der Waals surface area (Å²) >= 11 is 0. The van der Waals surface area contributed by atoms with E-state index in [2.05, 4.69) is 5.32 Å². The third-order valence-electron chi connectivity index (χ3n) is 4.30. The average molecular weight is 340 g/mol. The Kier molecular flexibility index (Phi) is 4.88. The van der Waals surface area contributed by atoms with Crippen molar-refractivity contribution < 1.29 is 19.8 Å². The van der Waals surface area contributed by atoms with E-state index in [0.29, 0.717) is 31.5 Å². The molecule has 6 nitrogen and oxygen atoms in total. The molecule has 2 aromatic rings. The largest absolute Gasteiger partial charge is 0.508 e. The number of hydrogen-bond acceptors (Lipinski definition) is 4. The van der Waals surface area contributed by atoms with Crippen LogP contribution in [0, 0.1) is 0 Å². The second kappa shape index (κ2) is 7.25. The first-order valence-corrected chi connectivity index (χ1v) is 8.21. The molecule has 0 spiro atoms. The van der Waals surface area contributed by atoms with Crippen molar-refractivity contribution in [1.29, 1.82) is 0 Å². The summed E-state index contributed by atoms with van der Waals surface area (Å²) < 4.78 is 0. The number of amides is 2. The Labute approximate surface area is 145 Å². The zero-order valence-corrected chi connectivity index (χ0v) is 13.7. The van der Waals surface area contributed by atoms with Gasteiger partial charge in [-0.1, -0.05) is 18.2 Å². The predicted molar refractivity (Wildman–Crippen MR) is 92.6 cm³/mol. The zero-order chi connectivity index (χ0) is 17.8. The third kappa shape index (κ3) is 4.09. The van der Waals surface area contributed by atoms with Crippen LogP contribution >= 0.6 is 0 Å². The highest BCUT2D eigenvalue weighted by Gasteiger charge is 2.25. The Hall–Kier alpha value is -3.02. The third-order valence-corrected chi connectivity index (χ3v) is 4.30. The molecule has 0 bridgehead atoms. The standard InChI is InChI=1S/C19H20N2O4/c22-16-10-14(11-17(23)12-16)19(25)21-8-6-15(7-9-21)20-18(24)13-4-2-1-3-5-13/h1-5,10-12,15,22-23H,6-9H2,(H,20,24). The first-order chi connectivity index (χ1) is 12.0. The lowest BCUT2D eigenvalue weighted by Crippen LogP contribution is -2.46. The Morgan fingerprint density at radius 1 is 0.920 bits per heavy atom. The molecule has 0 atom stereocenters. The molecule has 0 saturated carbocycles. The van der Waals surface area contributed by atoms with Gasteiger partial charge in [0.1, 0.15) is 11.5 Å². The normalized spacial score (nSPS) is 15.0. The number of nitrogens with zero attached hydrogens (tertiary/aromatic N) is 1. The minimum absolute atomic E-state index is 0.0225. The Morgan fingerprint density at radius 3 is 2.12 bits per heavy atom. The van der Waals surface area contributed by atoms with Crippen molar-refractivity contribution in [2.75, 3.05) is 13.1 Å². The van der Waals surface area contributed by atoms with Gasteiger partial charge >= 0.3 is 0 Å². The van der Waals surface area contributed by atoms with E-state index in [1.54, 1.807) is 17.0 Å². The average Bonchev–Trinajstić information content (AvgIpc) is 2.61. The van der Waals surface area contributed by atoms with Crippen molar-refractivity contribution in [1.82, 2.24) is 10.2 Å². The number of rotatable bonds is 3. The first-order valence-electron chi connectivity index (χ1n) is 8.21. The molecule has 2 aromatic carbocycles. The van der Waals surface area contributed by atoms with Gasteiger partial charge in [-0.05, 0) is 37.1 Å². The van der Waals surface area contributed by atoms with Crippen molar-refractivity contribution >= 4 is 11.8 Å². The number of carbonyl (C=O) groups is 2. The van der Waals surface area contributed by atoms with E-state index in [4.69, 9.17) is 0 Å². The van der Waals surface area contributed by atoms with Crippen molar-refractivity contribution in [2.45, 2.75) is 18.9 Å². The van der Waals surface area contributed by atoms with Gasteiger partial charge in [0.15, 0.2) is 0 Å². The second-order valence-corrected chi connectivity index (χ2v) is 6.14. The highest BCUT2D eigenvalue weighted by Crippen LogP contribution is 2.23. The fourth-order valence-corrected chi connectivity index (χ4v) is 2.99. The number of aromatic hydroxyl groups is 2. The number of phenolic OH excluding ortho intramolecular Hbond substituents is 2. The fraction of sp³-hybridized carbons (Fsp3) is 0.263. The molecular weight excluding hydrogens is 320 g/mol. The van der Waals surface area contributed by atoms with Gasteiger partial charge in [0, 0.05) is 36.3 Å². The van der Waals surface area contributed by atoms with E-state index in [1.165, 1.54) is 18.2 Å². The van der Waals surface area contributed by atoms with Crippen LogP contribution in [0.1, 0.15) is 33.6 Å². The highest BCUT2D eigenvalue weighted by atomic mass is 16.3. The summed E-state index contributed by atoms with van der Waals surface area (Å²) in [6, 6.07) is 12.9. The smallest absolute Gasteiger partial charge is 0.254 e. The minimum Gasteiger partial charge on any atom is -0.508 e. The van der Waals surface area contributed by atoms with Gasteiger partial charge in [0.2, 0.25) is 0 Å². The van der Waals surface area contributed by atoms with E-state index >= 15 is 0 Å². The van der Waals surface area contributed by atoms with Crippen LogP contribution in [-0.2, 0) is 0 Å². The summed E-state index contributed by atoms with van der Waals surface area (Å²) in [4.78, 5) is 26.3. The molecule has 6 heteroatoms. The maximum absolute atomic E-state index is 12.5. The van der Waals surface area contributed by atoms with Gasteiger partial charge in [-0.25, -0.2) is 0 Å². The molecule has 1 saturated heterocycles. The summed E-state index contributed by atoms with van der Waals surface area (Å²) in [5.74, 6) is -0.635. The van der Waals surface area contributed by atoms with Crippen LogP contribution in [0.25, 0.3) is 0 Å². The quantitative estimate of drug-likeness (QED) is 0.798. The number of benzene rings is 2. The Balaban J connectivity index is 1.56. The number of hydrogen-bond donors (Lipinski definition) is 3. The van der Waals surface area contributed by atoms with E-state index < -0.39 is 0 Å². The molecule has 0 aliphatic carbocycles. The lowest BCUT2D eigenvalue weighted by molar-refractivity contribution is 0.0697. The molecule has 0 radical (unpaired) electrons. The molecule has 1 aliphatic heterocycles. The van der Waals surface area contributed by atoms with Crippen LogP contribution in [0.5, 0.6) is 11.5 Å². The molecular formula is C19H20N2O4. The second-order valence-electron chi connectivity index (χ2n) is 6.14. The molecule has 2 amide bonds. The van der Waals surface area contributed by atoms with Gasteiger partial charge in [-0.3, -0.25) is 9.59 Å². The lowest BCUT2D eigenvalue weighted by atomic mass is 10.0. The van der Waals surface area contributed by atoms with Gasteiger partial charge in [-0.15, -0.1) is 0 Å².